The van der Waals surface area contributed by atoms with Crippen LogP contribution < -0.4 is 10.6 Å². The highest BCUT2D eigenvalue weighted by Crippen LogP contribution is 2.26. The first kappa shape index (κ1) is 13.6. The van der Waals surface area contributed by atoms with Crippen molar-refractivity contribution in [3.63, 3.8) is 0 Å². The molecule has 0 aromatic heterocycles. The third-order valence-corrected chi connectivity index (χ3v) is 4.63. The Labute approximate surface area is 121 Å². The lowest BCUT2D eigenvalue weighted by Crippen LogP contribution is -2.38. The summed E-state index contributed by atoms with van der Waals surface area (Å²) in [6.07, 6.45) is 6.75. The molecule has 1 fully saturated rings. The van der Waals surface area contributed by atoms with Gasteiger partial charge >= 0.3 is 0 Å². The summed E-state index contributed by atoms with van der Waals surface area (Å²) in [6, 6.07) is 9.02. The van der Waals surface area contributed by atoms with Crippen LogP contribution in [-0.4, -0.2) is 25.0 Å². The molecule has 108 valence electrons. The Morgan fingerprint density at radius 1 is 1.20 bits per heavy atom. The van der Waals surface area contributed by atoms with E-state index in [2.05, 4.69) is 34.9 Å². The number of hydrogen-bond acceptors (Lipinski definition) is 2. The van der Waals surface area contributed by atoms with Crippen molar-refractivity contribution in [2.24, 2.45) is 5.92 Å². The molecular weight excluding hydrogens is 248 g/mol. The third kappa shape index (κ3) is 3.21. The molecule has 2 aliphatic rings. The highest BCUT2D eigenvalue weighted by Gasteiger charge is 2.26. The molecule has 20 heavy (non-hydrogen) atoms. The molecule has 1 aliphatic heterocycles. The maximum absolute atomic E-state index is 12.2. The summed E-state index contributed by atoms with van der Waals surface area (Å²) in [7, 11) is 0. The minimum absolute atomic E-state index is 0.145. The highest BCUT2D eigenvalue weighted by atomic mass is 16.1. The number of carbonyl (C=O) groups excluding carboxylic acids is 1. The average molecular weight is 272 g/mol. The summed E-state index contributed by atoms with van der Waals surface area (Å²) >= 11 is 0. The van der Waals surface area contributed by atoms with Crippen LogP contribution in [0.5, 0.6) is 0 Å². The smallest absolute Gasteiger partial charge is 0.223 e. The number of piperidine rings is 1. The first-order chi connectivity index (χ1) is 9.83. The van der Waals surface area contributed by atoms with E-state index in [1.165, 1.54) is 30.4 Å². The lowest BCUT2D eigenvalue weighted by molar-refractivity contribution is -0.124. The van der Waals surface area contributed by atoms with Gasteiger partial charge in [-0.15, -0.1) is 0 Å². The monoisotopic (exact) mass is 272 g/mol. The van der Waals surface area contributed by atoms with Crippen LogP contribution in [0.15, 0.2) is 24.3 Å². The van der Waals surface area contributed by atoms with E-state index in [-0.39, 0.29) is 11.8 Å². The summed E-state index contributed by atoms with van der Waals surface area (Å²) in [6.45, 7) is 1.94. The Bertz CT molecular complexity index is 441. The SMILES string of the molecule is O=C(NCCC1CCCCN1)C1Cc2ccccc2C1. The second-order valence-corrected chi connectivity index (χ2v) is 6.10. The molecule has 1 heterocycles. The topological polar surface area (TPSA) is 41.1 Å². The van der Waals surface area contributed by atoms with E-state index in [9.17, 15) is 4.79 Å². The van der Waals surface area contributed by atoms with Gasteiger partial charge in [-0.2, -0.15) is 0 Å². The predicted octanol–water partition coefficient (Wildman–Crippen LogP) is 2.05. The van der Waals surface area contributed by atoms with Gasteiger partial charge in [0.15, 0.2) is 0 Å². The zero-order chi connectivity index (χ0) is 13.8. The number of carbonyl (C=O) groups is 1. The molecule has 1 aromatic rings. The van der Waals surface area contributed by atoms with Crippen molar-refractivity contribution in [3.05, 3.63) is 35.4 Å². The first-order valence-corrected chi connectivity index (χ1v) is 7.91. The molecular formula is C17H24N2O. The van der Waals surface area contributed by atoms with Crippen molar-refractivity contribution in [2.75, 3.05) is 13.1 Å². The van der Waals surface area contributed by atoms with Crippen molar-refractivity contribution in [2.45, 2.75) is 44.6 Å². The Balaban J connectivity index is 1.42. The molecule has 3 rings (SSSR count). The number of hydrogen-bond donors (Lipinski definition) is 2. The van der Waals surface area contributed by atoms with Crippen LogP contribution in [0.1, 0.15) is 36.8 Å². The van der Waals surface area contributed by atoms with E-state index in [1.54, 1.807) is 0 Å². The Kier molecular flexibility index (Phi) is 4.36. The molecule has 1 saturated heterocycles. The average Bonchev–Trinajstić information content (AvgIpc) is 2.92. The zero-order valence-electron chi connectivity index (χ0n) is 12.0. The largest absolute Gasteiger partial charge is 0.356 e. The van der Waals surface area contributed by atoms with E-state index in [1.807, 2.05) is 0 Å². The van der Waals surface area contributed by atoms with Crippen LogP contribution in [0.2, 0.25) is 0 Å². The maximum Gasteiger partial charge on any atom is 0.223 e. The van der Waals surface area contributed by atoms with Gasteiger partial charge < -0.3 is 10.6 Å². The summed E-state index contributed by atoms with van der Waals surface area (Å²) in [5, 5.41) is 6.65. The molecule has 1 atom stereocenters. The summed E-state index contributed by atoms with van der Waals surface area (Å²) in [5.74, 6) is 0.378. The Morgan fingerprint density at radius 3 is 2.60 bits per heavy atom. The van der Waals surface area contributed by atoms with Crippen LogP contribution in [0, 0.1) is 5.92 Å². The van der Waals surface area contributed by atoms with Gasteiger partial charge in [-0.05, 0) is 49.8 Å². The molecule has 3 heteroatoms. The fourth-order valence-electron chi connectivity index (χ4n) is 3.43. The van der Waals surface area contributed by atoms with Gasteiger partial charge in [-0.3, -0.25) is 4.79 Å². The second kappa shape index (κ2) is 6.40. The molecule has 0 bridgehead atoms. The minimum atomic E-state index is 0.145. The van der Waals surface area contributed by atoms with Crippen molar-refractivity contribution < 1.29 is 4.79 Å². The van der Waals surface area contributed by atoms with E-state index in [0.717, 1.165) is 32.4 Å². The van der Waals surface area contributed by atoms with Gasteiger partial charge in [-0.25, -0.2) is 0 Å². The van der Waals surface area contributed by atoms with E-state index in [0.29, 0.717) is 6.04 Å². The van der Waals surface area contributed by atoms with Gasteiger partial charge in [0.05, 0.1) is 0 Å². The van der Waals surface area contributed by atoms with E-state index >= 15 is 0 Å². The van der Waals surface area contributed by atoms with Crippen LogP contribution in [0.3, 0.4) is 0 Å². The number of rotatable bonds is 4. The molecule has 1 unspecified atom stereocenters. The van der Waals surface area contributed by atoms with Crippen molar-refractivity contribution in [3.8, 4) is 0 Å². The van der Waals surface area contributed by atoms with Crippen LogP contribution in [0.4, 0.5) is 0 Å². The van der Waals surface area contributed by atoms with Gasteiger partial charge in [0, 0.05) is 18.5 Å². The molecule has 1 amide bonds. The quantitative estimate of drug-likeness (QED) is 0.881. The minimum Gasteiger partial charge on any atom is -0.356 e. The normalized spacial score (nSPS) is 22.5. The molecule has 0 radical (unpaired) electrons. The second-order valence-electron chi connectivity index (χ2n) is 6.10. The third-order valence-electron chi connectivity index (χ3n) is 4.63. The van der Waals surface area contributed by atoms with Crippen LogP contribution >= 0.6 is 0 Å². The first-order valence-electron chi connectivity index (χ1n) is 7.91. The lowest BCUT2D eigenvalue weighted by Gasteiger charge is -2.23. The molecule has 3 nitrogen and oxygen atoms in total. The Hall–Kier alpha value is -1.35. The number of benzene rings is 1. The lowest BCUT2D eigenvalue weighted by atomic mass is 10.0. The van der Waals surface area contributed by atoms with Crippen molar-refractivity contribution >= 4 is 5.91 Å². The number of nitrogens with one attached hydrogen (secondary N) is 2. The predicted molar refractivity (Wildman–Crippen MR) is 80.6 cm³/mol. The molecule has 2 N–H and O–H groups in total. The van der Waals surface area contributed by atoms with Gasteiger partial charge in [0.2, 0.25) is 5.91 Å². The maximum atomic E-state index is 12.2. The van der Waals surface area contributed by atoms with Crippen LogP contribution in [0.25, 0.3) is 0 Å². The van der Waals surface area contributed by atoms with Crippen molar-refractivity contribution in [1.82, 2.24) is 10.6 Å². The number of fused-ring (bicyclic) bond motifs is 1. The summed E-state index contributed by atoms with van der Waals surface area (Å²) < 4.78 is 0. The summed E-state index contributed by atoms with van der Waals surface area (Å²) in [5.41, 5.74) is 2.70. The van der Waals surface area contributed by atoms with Crippen molar-refractivity contribution in [1.29, 1.82) is 0 Å². The number of amides is 1. The molecule has 0 spiro atoms. The zero-order valence-corrected chi connectivity index (χ0v) is 12.0. The summed E-state index contributed by atoms with van der Waals surface area (Å²) in [4.78, 5) is 12.2. The molecule has 1 aliphatic carbocycles. The van der Waals surface area contributed by atoms with Crippen LogP contribution in [-0.2, 0) is 17.6 Å². The van der Waals surface area contributed by atoms with Gasteiger partial charge in [-0.1, -0.05) is 30.7 Å². The fraction of sp³-hybridized carbons (Fsp3) is 0.588. The van der Waals surface area contributed by atoms with Gasteiger partial charge in [0.25, 0.3) is 0 Å². The van der Waals surface area contributed by atoms with Gasteiger partial charge in [0.1, 0.15) is 0 Å². The Morgan fingerprint density at radius 2 is 1.95 bits per heavy atom. The fourth-order valence-corrected chi connectivity index (χ4v) is 3.43. The molecule has 1 aromatic carbocycles. The standard InChI is InChI=1S/C17H24N2O/c20-17(19-10-8-16-7-3-4-9-18-16)15-11-13-5-1-2-6-14(13)12-15/h1-2,5-6,15-16,18H,3-4,7-12H2,(H,19,20). The van der Waals surface area contributed by atoms with E-state index < -0.39 is 0 Å². The molecule has 0 saturated carbocycles. The van der Waals surface area contributed by atoms with E-state index in [4.69, 9.17) is 0 Å². The highest BCUT2D eigenvalue weighted by molar-refractivity contribution is 5.80.